The summed E-state index contributed by atoms with van der Waals surface area (Å²) in [6.45, 7) is 0. The number of hydrogen-bond donors (Lipinski definition) is 2. The van der Waals surface area contributed by atoms with E-state index in [0.717, 1.165) is 6.20 Å². The number of phenols is 1. The fourth-order valence-corrected chi connectivity index (χ4v) is 1.93. The first-order chi connectivity index (χ1) is 9.00. The van der Waals surface area contributed by atoms with Crippen LogP contribution in [0.1, 0.15) is 0 Å². The van der Waals surface area contributed by atoms with E-state index in [0.29, 0.717) is 0 Å². The summed E-state index contributed by atoms with van der Waals surface area (Å²) in [6, 6.07) is 0. The van der Waals surface area contributed by atoms with Crippen molar-refractivity contribution in [3.63, 3.8) is 0 Å². The van der Waals surface area contributed by atoms with Crippen molar-refractivity contribution in [1.82, 2.24) is 25.0 Å². The lowest BCUT2D eigenvalue weighted by Gasteiger charge is -2.02. The molecule has 0 saturated carbocycles. The summed E-state index contributed by atoms with van der Waals surface area (Å²) in [5.41, 5.74) is -1.13. The minimum atomic E-state index is -0.781. The Morgan fingerprint density at radius 3 is 2.84 bits per heavy atom. The number of aromatic amines is 1. The van der Waals surface area contributed by atoms with Crippen LogP contribution >= 0.6 is 0 Å². The predicted molar refractivity (Wildman–Crippen MR) is 62.7 cm³/mol. The van der Waals surface area contributed by atoms with Gasteiger partial charge in [0.2, 0.25) is 5.75 Å². The SMILES string of the molecule is Cn1[nH]nc2c([N+](=O)[O-])c(O)c3nc(=O)cnc3c21. The number of hydrogen-bond acceptors (Lipinski definition) is 7. The summed E-state index contributed by atoms with van der Waals surface area (Å²) < 4.78 is 1.39. The number of aromatic nitrogens is 5. The normalized spacial score (nSPS) is 11.2. The zero-order valence-corrected chi connectivity index (χ0v) is 9.49. The van der Waals surface area contributed by atoms with Crippen molar-refractivity contribution in [2.24, 2.45) is 7.05 Å². The van der Waals surface area contributed by atoms with E-state index in [1.54, 1.807) is 7.05 Å². The van der Waals surface area contributed by atoms with Crippen molar-refractivity contribution in [1.29, 1.82) is 0 Å². The molecule has 0 bridgehead atoms. The second-order valence-corrected chi connectivity index (χ2v) is 3.83. The third-order valence-electron chi connectivity index (χ3n) is 2.70. The largest absolute Gasteiger partial charge is 0.500 e. The van der Waals surface area contributed by atoms with Crippen LogP contribution in [-0.4, -0.2) is 35.0 Å². The lowest BCUT2D eigenvalue weighted by Crippen LogP contribution is -2.07. The molecular formula is C9H6N6O4. The highest BCUT2D eigenvalue weighted by Crippen LogP contribution is 2.38. The van der Waals surface area contributed by atoms with E-state index in [1.165, 1.54) is 4.68 Å². The second-order valence-electron chi connectivity index (χ2n) is 3.83. The summed E-state index contributed by atoms with van der Waals surface area (Å²) in [5.74, 6) is -0.718. The second kappa shape index (κ2) is 3.48. The number of benzene rings is 1. The molecule has 0 aliphatic carbocycles. The lowest BCUT2D eigenvalue weighted by atomic mass is 10.2. The molecule has 3 aromatic rings. The molecule has 2 N–H and O–H groups in total. The fraction of sp³-hybridized carbons (Fsp3) is 0.111. The Balaban J connectivity index is 2.71. The van der Waals surface area contributed by atoms with E-state index in [2.05, 4.69) is 20.3 Å². The Morgan fingerprint density at radius 1 is 1.42 bits per heavy atom. The molecule has 10 heteroatoms. The van der Waals surface area contributed by atoms with E-state index < -0.39 is 21.9 Å². The maximum absolute atomic E-state index is 11.2. The van der Waals surface area contributed by atoms with Crippen LogP contribution in [-0.2, 0) is 7.05 Å². The standard InChI is InChI=1S/C9H6N6O4/c1-14-7-4-5(11-3(16)2-10-4)9(17)8(15(18)19)6(7)12-13-14/h2,13,17H,1H3. The first-order valence-corrected chi connectivity index (χ1v) is 5.08. The van der Waals surface area contributed by atoms with Crippen LogP contribution in [0, 0.1) is 10.1 Å². The molecule has 0 fully saturated rings. The van der Waals surface area contributed by atoms with Gasteiger partial charge >= 0.3 is 5.69 Å². The number of nitrogens with zero attached hydrogens (tertiary/aromatic N) is 5. The van der Waals surface area contributed by atoms with E-state index in [4.69, 9.17) is 0 Å². The molecule has 0 unspecified atom stereocenters. The number of nitro groups is 1. The number of phenolic OH excluding ortho intramolecular Hbond substituents is 1. The Labute approximate surface area is 103 Å². The topological polar surface area (TPSA) is 140 Å². The zero-order chi connectivity index (χ0) is 13.7. The first kappa shape index (κ1) is 11.1. The van der Waals surface area contributed by atoms with Gasteiger partial charge < -0.3 is 5.11 Å². The van der Waals surface area contributed by atoms with Crippen molar-refractivity contribution >= 4 is 27.8 Å². The van der Waals surface area contributed by atoms with Gasteiger partial charge in [-0.3, -0.25) is 19.6 Å². The third-order valence-corrected chi connectivity index (χ3v) is 2.70. The highest BCUT2D eigenvalue weighted by Gasteiger charge is 2.27. The van der Waals surface area contributed by atoms with Gasteiger partial charge in [-0.15, -0.1) is 0 Å². The molecule has 0 aliphatic heterocycles. The van der Waals surface area contributed by atoms with E-state index in [-0.39, 0.29) is 22.1 Å². The van der Waals surface area contributed by atoms with Crippen molar-refractivity contribution < 1.29 is 10.0 Å². The van der Waals surface area contributed by atoms with Crippen molar-refractivity contribution in [2.45, 2.75) is 0 Å². The van der Waals surface area contributed by atoms with Crippen LogP contribution in [0.2, 0.25) is 0 Å². The Morgan fingerprint density at radius 2 is 2.16 bits per heavy atom. The van der Waals surface area contributed by atoms with Crippen molar-refractivity contribution in [2.75, 3.05) is 0 Å². The lowest BCUT2D eigenvalue weighted by molar-refractivity contribution is -0.384. The van der Waals surface area contributed by atoms with Crippen LogP contribution in [0.4, 0.5) is 5.69 Å². The van der Waals surface area contributed by atoms with Crippen molar-refractivity contribution in [3.05, 3.63) is 26.7 Å². The van der Waals surface area contributed by atoms with E-state index in [9.17, 15) is 20.0 Å². The van der Waals surface area contributed by atoms with E-state index >= 15 is 0 Å². The quantitative estimate of drug-likeness (QED) is 0.457. The number of H-pyrrole nitrogens is 1. The summed E-state index contributed by atoms with van der Waals surface area (Å²) in [5, 5.41) is 27.2. The average Bonchev–Trinajstić information content (AvgIpc) is 2.71. The number of nitrogens with one attached hydrogen (secondary N) is 1. The Bertz CT molecular complexity index is 895. The minimum absolute atomic E-state index is 0.0505. The summed E-state index contributed by atoms with van der Waals surface area (Å²) >= 11 is 0. The molecule has 0 spiro atoms. The first-order valence-electron chi connectivity index (χ1n) is 5.08. The summed E-state index contributed by atoms with van der Waals surface area (Å²) in [4.78, 5) is 28.9. The molecule has 0 aliphatic rings. The van der Waals surface area contributed by atoms with Crippen LogP contribution in [0.15, 0.2) is 11.0 Å². The van der Waals surface area contributed by atoms with Gasteiger partial charge in [-0.25, -0.2) is 15.2 Å². The molecule has 19 heavy (non-hydrogen) atoms. The van der Waals surface area contributed by atoms with Gasteiger partial charge in [0.1, 0.15) is 16.6 Å². The number of nitro benzene ring substituents is 1. The maximum Gasteiger partial charge on any atom is 0.342 e. The van der Waals surface area contributed by atoms with Crippen molar-refractivity contribution in [3.8, 4) is 5.75 Å². The van der Waals surface area contributed by atoms with Gasteiger partial charge in [-0.1, -0.05) is 0 Å². The van der Waals surface area contributed by atoms with Gasteiger partial charge in [0.15, 0.2) is 5.52 Å². The van der Waals surface area contributed by atoms with Gasteiger partial charge in [-0.2, -0.15) is 5.10 Å². The number of aryl methyl sites for hydroxylation is 1. The predicted octanol–water partition coefficient (Wildman–Crippen LogP) is -0.181. The molecule has 2 heterocycles. The molecule has 0 atom stereocenters. The summed E-state index contributed by atoms with van der Waals surface area (Å²) in [6.07, 6.45) is 0.972. The molecular weight excluding hydrogens is 256 g/mol. The molecule has 96 valence electrons. The van der Waals surface area contributed by atoms with Crippen LogP contribution in [0.25, 0.3) is 22.1 Å². The summed E-state index contributed by atoms with van der Waals surface area (Å²) in [7, 11) is 1.57. The van der Waals surface area contributed by atoms with Crippen LogP contribution in [0.3, 0.4) is 0 Å². The maximum atomic E-state index is 11.2. The molecule has 0 saturated heterocycles. The molecule has 0 amide bonds. The van der Waals surface area contributed by atoms with Crippen LogP contribution < -0.4 is 5.56 Å². The molecule has 3 rings (SSSR count). The Hall–Kier alpha value is -3.04. The molecule has 1 aromatic carbocycles. The average molecular weight is 262 g/mol. The highest BCUT2D eigenvalue weighted by atomic mass is 16.6. The third kappa shape index (κ3) is 1.36. The van der Waals surface area contributed by atoms with Gasteiger partial charge in [0.05, 0.1) is 11.1 Å². The number of fused-ring (bicyclic) bond motifs is 3. The monoisotopic (exact) mass is 262 g/mol. The highest BCUT2D eigenvalue weighted by molar-refractivity contribution is 6.08. The van der Waals surface area contributed by atoms with E-state index in [1.807, 2.05) is 0 Å². The molecule has 10 nitrogen and oxygen atoms in total. The zero-order valence-electron chi connectivity index (χ0n) is 9.49. The minimum Gasteiger partial charge on any atom is -0.500 e. The van der Waals surface area contributed by atoms with Gasteiger partial charge in [0, 0.05) is 7.05 Å². The van der Waals surface area contributed by atoms with Gasteiger partial charge in [-0.05, 0) is 0 Å². The molecule has 0 radical (unpaired) electrons. The number of rotatable bonds is 1. The van der Waals surface area contributed by atoms with Gasteiger partial charge in [0.25, 0.3) is 5.56 Å². The van der Waals surface area contributed by atoms with Crippen LogP contribution in [0.5, 0.6) is 5.75 Å². The number of aromatic hydroxyl groups is 1. The smallest absolute Gasteiger partial charge is 0.342 e. The fourth-order valence-electron chi connectivity index (χ4n) is 1.93. The molecule has 2 aromatic heterocycles. The Kier molecular flexibility index (Phi) is 2.03.